The molecule has 0 fully saturated rings. The minimum absolute atomic E-state index is 0.112. The smallest absolute Gasteiger partial charge is 0.223 e. The maximum atomic E-state index is 11.6. The summed E-state index contributed by atoms with van der Waals surface area (Å²) in [6, 6.07) is 0. The van der Waals surface area contributed by atoms with Crippen LogP contribution in [0.4, 0.5) is 0 Å². The summed E-state index contributed by atoms with van der Waals surface area (Å²) in [4.78, 5) is 30.9. The molecule has 0 aliphatic rings. The lowest BCUT2D eigenvalue weighted by Gasteiger charge is -2.08. The number of carbonyl (C=O) groups excluding carboxylic acids is 2. The molecule has 0 aliphatic carbocycles. The Hall–Kier alpha value is -2.64. The average molecular weight is 290 g/mol. The summed E-state index contributed by atoms with van der Waals surface area (Å²) in [7, 11) is 0. The summed E-state index contributed by atoms with van der Waals surface area (Å²) in [6.07, 6.45) is 10.9. The third-order valence-corrected chi connectivity index (χ3v) is 2.88. The van der Waals surface area contributed by atoms with Crippen molar-refractivity contribution in [1.29, 1.82) is 0 Å². The Labute approximate surface area is 122 Å². The SMILES string of the molecule is O=C(CCn1ccnc1)NCNC(=O)CCn1ccnc1. The Bertz CT molecular complexity index is 499. The molecular formula is C13H18N6O2. The number of carbonyl (C=O) groups is 2. The van der Waals surface area contributed by atoms with Crippen molar-refractivity contribution in [2.75, 3.05) is 6.67 Å². The van der Waals surface area contributed by atoms with Gasteiger partial charge in [0.15, 0.2) is 0 Å². The lowest BCUT2D eigenvalue weighted by atomic mass is 10.4. The van der Waals surface area contributed by atoms with Crippen molar-refractivity contribution in [1.82, 2.24) is 29.7 Å². The molecule has 112 valence electrons. The number of hydrogen-bond acceptors (Lipinski definition) is 4. The Morgan fingerprint density at radius 3 is 1.71 bits per heavy atom. The van der Waals surface area contributed by atoms with Gasteiger partial charge < -0.3 is 19.8 Å². The molecule has 2 aromatic rings. The van der Waals surface area contributed by atoms with Gasteiger partial charge in [-0.2, -0.15) is 0 Å². The molecule has 8 heteroatoms. The fraction of sp³-hybridized carbons (Fsp3) is 0.385. The highest BCUT2D eigenvalue weighted by Gasteiger charge is 2.04. The van der Waals surface area contributed by atoms with Crippen molar-refractivity contribution in [3.63, 3.8) is 0 Å². The molecule has 2 aromatic heterocycles. The van der Waals surface area contributed by atoms with Crippen LogP contribution in [-0.2, 0) is 22.7 Å². The molecule has 0 radical (unpaired) electrons. The van der Waals surface area contributed by atoms with Crippen LogP contribution in [0, 0.1) is 0 Å². The van der Waals surface area contributed by atoms with E-state index in [4.69, 9.17) is 0 Å². The minimum Gasteiger partial charge on any atom is -0.339 e. The van der Waals surface area contributed by atoms with Crippen LogP contribution >= 0.6 is 0 Å². The van der Waals surface area contributed by atoms with Gasteiger partial charge in [-0.05, 0) is 0 Å². The molecule has 0 atom stereocenters. The number of amides is 2. The van der Waals surface area contributed by atoms with E-state index in [1.54, 1.807) is 37.4 Å². The van der Waals surface area contributed by atoms with Crippen molar-refractivity contribution in [3.8, 4) is 0 Å². The van der Waals surface area contributed by atoms with E-state index in [1.807, 2.05) is 9.13 Å². The van der Waals surface area contributed by atoms with Crippen LogP contribution in [0.1, 0.15) is 12.8 Å². The molecule has 2 heterocycles. The second-order valence-electron chi connectivity index (χ2n) is 4.48. The molecule has 0 spiro atoms. The van der Waals surface area contributed by atoms with E-state index in [2.05, 4.69) is 20.6 Å². The number of nitrogens with one attached hydrogen (secondary N) is 2. The maximum Gasteiger partial charge on any atom is 0.223 e. The normalized spacial score (nSPS) is 10.3. The van der Waals surface area contributed by atoms with E-state index >= 15 is 0 Å². The Kier molecular flexibility index (Phi) is 5.50. The fourth-order valence-electron chi connectivity index (χ4n) is 1.72. The summed E-state index contributed by atoms with van der Waals surface area (Å²) < 4.78 is 3.65. The van der Waals surface area contributed by atoms with Gasteiger partial charge in [0.05, 0.1) is 19.3 Å². The maximum absolute atomic E-state index is 11.6. The second-order valence-corrected chi connectivity index (χ2v) is 4.48. The highest BCUT2D eigenvalue weighted by atomic mass is 16.2. The zero-order valence-corrected chi connectivity index (χ0v) is 11.6. The van der Waals surface area contributed by atoms with Gasteiger partial charge in [0.1, 0.15) is 0 Å². The standard InChI is InChI=1S/C13H18N6O2/c20-12(1-5-18-7-3-14-10-18)16-9-17-13(21)2-6-19-8-4-15-11-19/h3-4,7-8,10-11H,1-2,5-6,9H2,(H,16,20)(H,17,21). The second kappa shape index (κ2) is 7.83. The van der Waals surface area contributed by atoms with Crippen LogP contribution in [0.5, 0.6) is 0 Å². The van der Waals surface area contributed by atoms with Gasteiger partial charge in [0, 0.05) is 50.7 Å². The van der Waals surface area contributed by atoms with Gasteiger partial charge in [-0.3, -0.25) is 9.59 Å². The minimum atomic E-state index is -0.112. The van der Waals surface area contributed by atoms with Gasteiger partial charge in [-0.15, -0.1) is 0 Å². The van der Waals surface area contributed by atoms with E-state index in [1.165, 1.54) is 0 Å². The van der Waals surface area contributed by atoms with Crippen LogP contribution in [0.3, 0.4) is 0 Å². The molecular weight excluding hydrogens is 272 g/mol. The highest BCUT2D eigenvalue weighted by molar-refractivity contribution is 5.78. The average Bonchev–Trinajstić information content (AvgIpc) is 3.16. The molecule has 2 amide bonds. The van der Waals surface area contributed by atoms with Crippen molar-refractivity contribution in [2.45, 2.75) is 25.9 Å². The molecule has 0 unspecified atom stereocenters. The molecule has 0 aromatic carbocycles. The molecule has 0 aliphatic heterocycles. The summed E-state index contributed by atoms with van der Waals surface area (Å²) in [6.45, 7) is 1.28. The summed E-state index contributed by atoms with van der Waals surface area (Å²) in [5.41, 5.74) is 0. The van der Waals surface area contributed by atoms with Gasteiger partial charge >= 0.3 is 0 Å². The molecule has 2 rings (SSSR count). The summed E-state index contributed by atoms with van der Waals surface area (Å²) in [5, 5.41) is 5.29. The van der Waals surface area contributed by atoms with Crippen molar-refractivity contribution in [2.24, 2.45) is 0 Å². The van der Waals surface area contributed by atoms with E-state index in [-0.39, 0.29) is 18.5 Å². The number of nitrogens with zero attached hydrogens (tertiary/aromatic N) is 4. The van der Waals surface area contributed by atoms with E-state index in [9.17, 15) is 9.59 Å². The Morgan fingerprint density at radius 2 is 1.33 bits per heavy atom. The number of aromatic nitrogens is 4. The first-order chi connectivity index (χ1) is 10.2. The molecule has 0 bridgehead atoms. The lowest BCUT2D eigenvalue weighted by molar-refractivity contribution is -0.123. The van der Waals surface area contributed by atoms with Gasteiger partial charge in [0.2, 0.25) is 11.8 Å². The molecule has 8 nitrogen and oxygen atoms in total. The zero-order valence-electron chi connectivity index (χ0n) is 11.6. The highest BCUT2D eigenvalue weighted by Crippen LogP contribution is 1.91. The first-order valence-electron chi connectivity index (χ1n) is 6.69. The quantitative estimate of drug-likeness (QED) is 0.656. The summed E-state index contributed by atoms with van der Waals surface area (Å²) in [5.74, 6) is -0.225. The third kappa shape index (κ3) is 5.47. The largest absolute Gasteiger partial charge is 0.339 e. The van der Waals surface area contributed by atoms with Crippen molar-refractivity contribution in [3.05, 3.63) is 37.4 Å². The van der Waals surface area contributed by atoms with Crippen LogP contribution in [0.2, 0.25) is 0 Å². The van der Waals surface area contributed by atoms with Gasteiger partial charge in [0.25, 0.3) is 0 Å². The number of imidazole rings is 2. The van der Waals surface area contributed by atoms with Crippen molar-refractivity contribution < 1.29 is 9.59 Å². The van der Waals surface area contributed by atoms with Crippen LogP contribution in [0.15, 0.2) is 37.4 Å². The Balaban J connectivity index is 1.53. The molecule has 2 N–H and O–H groups in total. The molecule has 21 heavy (non-hydrogen) atoms. The predicted molar refractivity (Wildman–Crippen MR) is 74.8 cm³/mol. The lowest BCUT2D eigenvalue weighted by Crippen LogP contribution is -2.37. The third-order valence-electron chi connectivity index (χ3n) is 2.88. The van der Waals surface area contributed by atoms with Crippen LogP contribution < -0.4 is 10.6 Å². The first-order valence-corrected chi connectivity index (χ1v) is 6.69. The fourth-order valence-corrected chi connectivity index (χ4v) is 1.72. The number of aryl methyl sites for hydroxylation is 2. The van der Waals surface area contributed by atoms with E-state index < -0.39 is 0 Å². The number of hydrogen-bond donors (Lipinski definition) is 2. The summed E-state index contributed by atoms with van der Waals surface area (Å²) >= 11 is 0. The van der Waals surface area contributed by atoms with Gasteiger partial charge in [-0.1, -0.05) is 0 Å². The first kappa shape index (κ1) is 14.8. The van der Waals surface area contributed by atoms with Gasteiger partial charge in [-0.25, -0.2) is 9.97 Å². The van der Waals surface area contributed by atoms with Crippen molar-refractivity contribution >= 4 is 11.8 Å². The van der Waals surface area contributed by atoms with E-state index in [0.29, 0.717) is 25.9 Å². The van der Waals surface area contributed by atoms with Crippen LogP contribution in [-0.4, -0.2) is 37.6 Å². The molecule has 0 saturated carbocycles. The molecule has 0 saturated heterocycles. The van der Waals surface area contributed by atoms with E-state index in [0.717, 1.165) is 0 Å². The topological polar surface area (TPSA) is 93.8 Å². The Morgan fingerprint density at radius 1 is 0.857 bits per heavy atom. The zero-order chi connectivity index (χ0) is 14.9. The predicted octanol–water partition coefficient (Wildman–Crippen LogP) is -0.250. The number of rotatable bonds is 8. The van der Waals surface area contributed by atoms with Crippen LogP contribution in [0.25, 0.3) is 0 Å². The monoisotopic (exact) mass is 290 g/mol.